The molecule has 0 saturated heterocycles. The summed E-state index contributed by atoms with van der Waals surface area (Å²) >= 11 is 5.97. The number of carbonyl (C=O) groups excluding carboxylic acids is 1. The SMILES string of the molecule is CCC(C)(C)CNC(=O)c1ccc(N)cc1Cl. The minimum absolute atomic E-state index is 0.0932. The zero-order valence-electron chi connectivity index (χ0n) is 10.5. The van der Waals surface area contributed by atoms with Gasteiger partial charge in [0, 0.05) is 12.2 Å². The molecule has 0 spiro atoms. The quantitative estimate of drug-likeness (QED) is 0.812. The maximum atomic E-state index is 11.9. The van der Waals surface area contributed by atoms with Crippen molar-refractivity contribution < 1.29 is 4.79 Å². The molecule has 0 aromatic heterocycles. The molecule has 1 aromatic carbocycles. The summed E-state index contributed by atoms with van der Waals surface area (Å²) in [6.45, 7) is 6.95. The van der Waals surface area contributed by atoms with Gasteiger partial charge in [0.05, 0.1) is 10.6 Å². The molecule has 3 N–H and O–H groups in total. The molecule has 1 amide bonds. The van der Waals surface area contributed by atoms with Crippen molar-refractivity contribution in [3.05, 3.63) is 28.8 Å². The number of nitrogens with two attached hydrogens (primary N) is 1. The first-order valence-corrected chi connectivity index (χ1v) is 6.07. The predicted octanol–water partition coefficient (Wildman–Crippen LogP) is 3.09. The fourth-order valence-electron chi connectivity index (χ4n) is 1.26. The first-order chi connectivity index (χ1) is 7.85. The van der Waals surface area contributed by atoms with Crippen molar-refractivity contribution in [2.45, 2.75) is 27.2 Å². The second-order valence-electron chi connectivity index (χ2n) is 4.94. The maximum Gasteiger partial charge on any atom is 0.252 e. The molecule has 0 aliphatic rings. The number of halogens is 1. The van der Waals surface area contributed by atoms with Crippen LogP contribution in [0, 0.1) is 5.41 Å². The van der Waals surface area contributed by atoms with Gasteiger partial charge in [-0.15, -0.1) is 0 Å². The van der Waals surface area contributed by atoms with Gasteiger partial charge in [-0.05, 0) is 30.0 Å². The zero-order chi connectivity index (χ0) is 13.1. The topological polar surface area (TPSA) is 55.1 Å². The van der Waals surface area contributed by atoms with Gasteiger partial charge in [-0.3, -0.25) is 4.79 Å². The summed E-state index contributed by atoms with van der Waals surface area (Å²) in [5, 5.41) is 3.27. The van der Waals surface area contributed by atoms with Gasteiger partial charge in [-0.2, -0.15) is 0 Å². The van der Waals surface area contributed by atoms with E-state index in [1.54, 1.807) is 18.2 Å². The Hall–Kier alpha value is -1.22. The Kier molecular flexibility index (Phi) is 4.40. The highest BCUT2D eigenvalue weighted by atomic mass is 35.5. The minimum Gasteiger partial charge on any atom is -0.399 e. The third kappa shape index (κ3) is 3.93. The van der Waals surface area contributed by atoms with Crippen LogP contribution in [0.1, 0.15) is 37.6 Å². The summed E-state index contributed by atoms with van der Waals surface area (Å²) in [4.78, 5) is 11.9. The number of benzene rings is 1. The Morgan fingerprint density at radius 1 is 1.47 bits per heavy atom. The molecule has 0 fully saturated rings. The maximum absolute atomic E-state index is 11.9. The Morgan fingerprint density at radius 3 is 2.65 bits per heavy atom. The average Bonchev–Trinajstić information content (AvgIpc) is 2.26. The van der Waals surface area contributed by atoms with E-state index < -0.39 is 0 Å². The molecule has 0 radical (unpaired) electrons. The third-order valence-corrected chi connectivity index (χ3v) is 3.24. The fourth-order valence-corrected chi connectivity index (χ4v) is 1.53. The number of amides is 1. The molecule has 0 saturated carbocycles. The smallest absolute Gasteiger partial charge is 0.252 e. The summed E-state index contributed by atoms with van der Waals surface area (Å²) in [6, 6.07) is 4.90. The number of anilines is 1. The number of hydrogen-bond acceptors (Lipinski definition) is 2. The standard InChI is InChI=1S/C13H19ClN2O/c1-4-13(2,3)8-16-12(17)10-6-5-9(15)7-11(10)14/h5-7H,4,8,15H2,1-3H3,(H,16,17). The van der Waals surface area contributed by atoms with Gasteiger partial charge in [-0.25, -0.2) is 0 Å². The van der Waals surface area contributed by atoms with Gasteiger partial charge in [0.25, 0.3) is 5.91 Å². The van der Waals surface area contributed by atoms with Gasteiger partial charge in [0.1, 0.15) is 0 Å². The van der Waals surface area contributed by atoms with Gasteiger partial charge in [0.2, 0.25) is 0 Å². The summed E-state index contributed by atoms with van der Waals surface area (Å²) in [5.74, 6) is -0.156. The molecule has 4 heteroatoms. The number of hydrogen-bond donors (Lipinski definition) is 2. The van der Waals surface area contributed by atoms with Crippen molar-refractivity contribution in [3.8, 4) is 0 Å². The predicted molar refractivity (Wildman–Crippen MR) is 72.3 cm³/mol. The molecule has 0 aliphatic carbocycles. The van der Waals surface area contributed by atoms with Crippen LogP contribution < -0.4 is 11.1 Å². The van der Waals surface area contributed by atoms with E-state index in [2.05, 4.69) is 26.1 Å². The van der Waals surface area contributed by atoms with Crippen molar-refractivity contribution in [2.75, 3.05) is 12.3 Å². The number of carbonyl (C=O) groups is 1. The van der Waals surface area contributed by atoms with E-state index in [1.807, 2.05) is 0 Å². The highest BCUT2D eigenvalue weighted by Crippen LogP contribution is 2.21. The molecular weight excluding hydrogens is 236 g/mol. The molecular formula is C13H19ClN2O. The van der Waals surface area contributed by atoms with Crippen LogP contribution in [0.2, 0.25) is 5.02 Å². The van der Waals surface area contributed by atoms with E-state index in [9.17, 15) is 4.79 Å². The van der Waals surface area contributed by atoms with Crippen LogP contribution in [0.4, 0.5) is 5.69 Å². The Balaban J connectivity index is 2.71. The van der Waals surface area contributed by atoms with E-state index in [-0.39, 0.29) is 11.3 Å². The molecule has 0 aliphatic heterocycles. The van der Waals surface area contributed by atoms with Crippen LogP contribution >= 0.6 is 11.6 Å². The Morgan fingerprint density at radius 2 is 2.12 bits per heavy atom. The minimum atomic E-state index is -0.156. The normalized spacial score (nSPS) is 11.3. The van der Waals surface area contributed by atoms with Crippen molar-refractivity contribution in [1.82, 2.24) is 5.32 Å². The Labute approximate surface area is 107 Å². The summed E-state index contributed by atoms with van der Waals surface area (Å²) in [6.07, 6.45) is 1.00. The molecule has 17 heavy (non-hydrogen) atoms. The van der Waals surface area contributed by atoms with Gasteiger partial charge in [0.15, 0.2) is 0 Å². The van der Waals surface area contributed by atoms with E-state index >= 15 is 0 Å². The second-order valence-corrected chi connectivity index (χ2v) is 5.35. The highest BCUT2D eigenvalue weighted by Gasteiger charge is 2.17. The monoisotopic (exact) mass is 254 g/mol. The first-order valence-electron chi connectivity index (χ1n) is 5.69. The van der Waals surface area contributed by atoms with E-state index in [1.165, 1.54) is 0 Å². The average molecular weight is 255 g/mol. The lowest BCUT2D eigenvalue weighted by Gasteiger charge is -2.23. The van der Waals surface area contributed by atoms with Crippen LogP contribution in [0.5, 0.6) is 0 Å². The van der Waals surface area contributed by atoms with Crippen LogP contribution in [-0.2, 0) is 0 Å². The van der Waals surface area contributed by atoms with Crippen LogP contribution in [0.3, 0.4) is 0 Å². The second kappa shape index (κ2) is 5.41. The molecule has 94 valence electrons. The lowest BCUT2D eigenvalue weighted by atomic mass is 9.90. The van der Waals surface area contributed by atoms with E-state index in [4.69, 9.17) is 17.3 Å². The molecule has 0 bridgehead atoms. The summed E-state index contributed by atoms with van der Waals surface area (Å²) in [5.41, 5.74) is 6.69. The lowest BCUT2D eigenvalue weighted by molar-refractivity contribution is 0.0936. The molecule has 1 rings (SSSR count). The largest absolute Gasteiger partial charge is 0.399 e. The van der Waals surface area contributed by atoms with Gasteiger partial charge < -0.3 is 11.1 Å². The molecule has 0 unspecified atom stereocenters. The zero-order valence-corrected chi connectivity index (χ0v) is 11.3. The Bertz CT molecular complexity index is 416. The van der Waals surface area contributed by atoms with Crippen molar-refractivity contribution in [2.24, 2.45) is 5.41 Å². The van der Waals surface area contributed by atoms with Crippen molar-refractivity contribution >= 4 is 23.2 Å². The van der Waals surface area contributed by atoms with Crippen LogP contribution in [0.25, 0.3) is 0 Å². The fraction of sp³-hybridized carbons (Fsp3) is 0.462. The van der Waals surface area contributed by atoms with Crippen LogP contribution in [0.15, 0.2) is 18.2 Å². The number of nitrogens with one attached hydrogen (secondary N) is 1. The summed E-state index contributed by atoms with van der Waals surface area (Å²) < 4.78 is 0. The third-order valence-electron chi connectivity index (χ3n) is 2.92. The van der Waals surface area contributed by atoms with Crippen molar-refractivity contribution in [3.63, 3.8) is 0 Å². The highest BCUT2D eigenvalue weighted by molar-refractivity contribution is 6.34. The molecule has 0 atom stereocenters. The van der Waals surface area contributed by atoms with Gasteiger partial charge >= 0.3 is 0 Å². The first kappa shape index (κ1) is 13.8. The van der Waals surface area contributed by atoms with E-state index in [0.29, 0.717) is 22.8 Å². The van der Waals surface area contributed by atoms with Crippen molar-refractivity contribution in [1.29, 1.82) is 0 Å². The van der Waals surface area contributed by atoms with E-state index in [0.717, 1.165) is 6.42 Å². The molecule has 0 heterocycles. The van der Waals surface area contributed by atoms with Crippen LogP contribution in [-0.4, -0.2) is 12.5 Å². The molecule has 3 nitrogen and oxygen atoms in total. The molecule has 1 aromatic rings. The number of rotatable bonds is 4. The number of nitrogen functional groups attached to an aromatic ring is 1. The van der Waals surface area contributed by atoms with Gasteiger partial charge in [-0.1, -0.05) is 32.4 Å². The summed E-state index contributed by atoms with van der Waals surface area (Å²) in [7, 11) is 0. The lowest BCUT2D eigenvalue weighted by Crippen LogP contribution is -2.33.